The van der Waals surface area contributed by atoms with E-state index in [9.17, 15) is 0 Å². The Bertz CT molecular complexity index is 425. The number of rotatable bonds is 8. The minimum absolute atomic E-state index is 0.615. The highest BCUT2D eigenvalue weighted by Gasteiger charge is 2.04. The smallest absolute Gasteiger partial charge is 0.136 e. The van der Waals surface area contributed by atoms with E-state index in [1.165, 1.54) is 5.56 Å². The number of ether oxygens (including phenoxy) is 1. The Morgan fingerprint density at radius 1 is 1.32 bits per heavy atom. The van der Waals surface area contributed by atoms with Crippen LogP contribution in [0.2, 0.25) is 0 Å². The van der Waals surface area contributed by atoms with Gasteiger partial charge in [0.15, 0.2) is 0 Å². The predicted octanol–water partition coefficient (Wildman–Crippen LogP) is 3.14. The van der Waals surface area contributed by atoms with E-state index in [0.717, 1.165) is 31.1 Å². The van der Waals surface area contributed by atoms with Gasteiger partial charge in [-0.3, -0.25) is 0 Å². The van der Waals surface area contributed by atoms with E-state index >= 15 is 0 Å². The second-order valence-electron chi connectivity index (χ2n) is 4.23. The van der Waals surface area contributed by atoms with E-state index in [1.807, 2.05) is 30.0 Å². The molecule has 0 atom stereocenters. The van der Waals surface area contributed by atoms with Crippen molar-refractivity contribution < 1.29 is 4.74 Å². The average molecular weight is 278 g/mol. The third-order valence-electron chi connectivity index (χ3n) is 3.10. The highest BCUT2D eigenvalue weighted by molar-refractivity contribution is 7.98. The number of thioether (sulfide) groups is 1. The topological polar surface area (TPSA) is 36.3 Å². The molecule has 0 aliphatic carbocycles. The molecule has 0 saturated carbocycles. The van der Waals surface area contributed by atoms with Crippen LogP contribution in [0.4, 0.5) is 0 Å². The Morgan fingerprint density at radius 2 is 2.05 bits per heavy atom. The molecule has 0 aliphatic heterocycles. The summed E-state index contributed by atoms with van der Waals surface area (Å²) in [6.45, 7) is 7.73. The molecule has 3 nitrogen and oxygen atoms in total. The van der Waals surface area contributed by atoms with Gasteiger partial charge < -0.3 is 9.64 Å². The molecule has 0 amide bonds. The molecule has 1 rings (SSSR count). The first-order valence-electron chi connectivity index (χ1n) is 6.62. The summed E-state index contributed by atoms with van der Waals surface area (Å²) in [6, 6.07) is 8.00. The molecule has 0 aromatic heterocycles. The largest absolute Gasteiger partial charge is 0.495 e. The molecular formula is C15H22N2OS. The summed E-state index contributed by atoms with van der Waals surface area (Å²) >= 11 is 1.91. The fourth-order valence-electron chi connectivity index (χ4n) is 1.86. The van der Waals surface area contributed by atoms with Gasteiger partial charge in [-0.25, -0.2) is 0 Å². The van der Waals surface area contributed by atoms with Crippen molar-refractivity contribution in [3.05, 3.63) is 29.3 Å². The summed E-state index contributed by atoms with van der Waals surface area (Å²) in [7, 11) is 1.59. The minimum atomic E-state index is 0.615. The van der Waals surface area contributed by atoms with Crippen molar-refractivity contribution in [2.45, 2.75) is 19.6 Å². The third kappa shape index (κ3) is 5.14. The van der Waals surface area contributed by atoms with Crippen LogP contribution in [0.5, 0.6) is 5.75 Å². The zero-order valence-corrected chi connectivity index (χ0v) is 12.8. The molecular weight excluding hydrogens is 256 g/mol. The maximum Gasteiger partial charge on any atom is 0.136 e. The first-order chi connectivity index (χ1) is 9.24. The normalized spacial score (nSPS) is 10.5. The quantitative estimate of drug-likeness (QED) is 0.684. The molecule has 0 fully saturated rings. The second kappa shape index (κ2) is 8.84. The van der Waals surface area contributed by atoms with Gasteiger partial charge in [0.25, 0.3) is 0 Å². The number of nitriles is 1. The lowest BCUT2D eigenvalue weighted by molar-refractivity contribution is 0.324. The van der Waals surface area contributed by atoms with E-state index in [-0.39, 0.29) is 0 Å². The van der Waals surface area contributed by atoms with Crippen molar-refractivity contribution in [2.24, 2.45) is 0 Å². The van der Waals surface area contributed by atoms with Gasteiger partial charge in [0.2, 0.25) is 0 Å². The second-order valence-corrected chi connectivity index (χ2v) is 5.33. The number of nitrogens with zero attached hydrogens (tertiary/aromatic N) is 2. The fourth-order valence-corrected chi connectivity index (χ4v) is 2.80. The summed E-state index contributed by atoms with van der Waals surface area (Å²) in [5, 5.41) is 9.04. The van der Waals surface area contributed by atoms with Gasteiger partial charge in [0.1, 0.15) is 11.8 Å². The third-order valence-corrected chi connectivity index (χ3v) is 4.11. The first-order valence-corrected chi connectivity index (χ1v) is 7.77. The summed E-state index contributed by atoms with van der Waals surface area (Å²) < 4.78 is 5.14. The monoisotopic (exact) mass is 278 g/mol. The predicted molar refractivity (Wildman–Crippen MR) is 81.7 cm³/mol. The van der Waals surface area contributed by atoms with Crippen molar-refractivity contribution in [3.63, 3.8) is 0 Å². The van der Waals surface area contributed by atoms with Crippen LogP contribution in [0.3, 0.4) is 0 Å². The Kier molecular flexibility index (Phi) is 7.39. The number of hydrogen-bond donors (Lipinski definition) is 0. The Morgan fingerprint density at radius 3 is 2.63 bits per heavy atom. The van der Waals surface area contributed by atoms with Gasteiger partial charge in [-0.1, -0.05) is 19.9 Å². The molecule has 0 saturated heterocycles. The molecule has 4 heteroatoms. The zero-order chi connectivity index (χ0) is 14.1. The molecule has 19 heavy (non-hydrogen) atoms. The molecule has 0 radical (unpaired) electrons. The lowest BCUT2D eigenvalue weighted by Crippen LogP contribution is -2.25. The van der Waals surface area contributed by atoms with Crippen LogP contribution in [0.25, 0.3) is 0 Å². The molecule has 104 valence electrons. The highest BCUT2D eigenvalue weighted by atomic mass is 32.2. The fraction of sp³-hybridized carbons (Fsp3) is 0.533. The van der Waals surface area contributed by atoms with E-state index in [4.69, 9.17) is 10.00 Å². The Labute approximate surface area is 120 Å². The maximum atomic E-state index is 9.04. The summed E-state index contributed by atoms with van der Waals surface area (Å²) in [4.78, 5) is 2.42. The van der Waals surface area contributed by atoms with Crippen LogP contribution >= 0.6 is 11.8 Å². The van der Waals surface area contributed by atoms with Crippen LogP contribution in [-0.2, 0) is 5.75 Å². The van der Waals surface area contributed by atoms with Gasteiger partial charge in [0, 0.05) is 18.1 Å². The first kappa shape index (κ1) is 15.9. The minimum Gasteiger partial charge on any atom is -0.495 e. The van der Waals surface area contributed by atoms with Crippen molar-refractivity contribution in [3.8, 4) is 11.8 Å². The van der Waals surface area contributed by atoms with Gasteiger partial charge in [0.05, 0.1) is 12.7 Å². The standard InChI is InChI=1S/C15H22N2OS/c1-4-17(5-2)8-9-19-12-13-6-7-15(18-3)14(10-13)11-16/h6-7,10H,4-5,8-9,12H2,1-3H3. The lowest BCUT2D eigenvalue weighted by Gasteiger charge is -2.17. The van der Waals surface area contributed by atoms with Crippen molar-refractivity contribution in [1.82, 2.24) is 4.90 Å². The Hall–Kier alpha value is -1.18. The van der Waals surface area contributed by atoms with E-state index in [0.29, 0.717) is 11.3 Å². The molecule has 1 aromatic carbocycles. The van der Waals surface area contributed by atoms with Crippen molar-refractivity contribution in [1.29, 1.82) is 5.26 Å². The lowest BCUT2D eigenvalue weighted by atomic mass is 10.1. The van der Waals surface area contributed by atoms with E-state index in [2.05, 4.69) is 24.8 Å². The average Bonchev–Trinajstić information content (AvgIpc) is 2.47. The molecule has 0 unspecified atom stereocenters. The van der Waals surface area contributed by atoms with Crippen LogP contribution in [0.1, 0.15) is 25.0 Å². The number of hydrogen-bond acceptors (Lipinski definition) is 4. The van der Waals surface area contributed by atoms with Crippen molar-refractivity contribution in [2.75, 3.05) is 32.5 Å². The number of methoxy groups -OCH3 is 1. The van der Waals surface area contributed by atoms with E-state index < -0.39 is 0 Å². The molecule has 1 aromatic rings. The van der Waals surface area contributed by atoms with Crippen LogP contribution < -0.4 is 4.74 Å². The highest BCUT2D eigenvalue weighted by Crippen LogP contribution is 2.21. The van der Waals surface area contributed by atoms with Gasteiger partial charge in [-0.15, -0.1) is 0 Å². The van der Waals surface area contributed by atoms with Crippen LogP contribution in [0.15, 0.2) is 18.2 Å². The summed E-state index contributed by atoms with van der Waals surface area (Å²) in [5.41, 5.74) is 1.80. The van der Waals surface area contributed by atoms with Crippen molar-refractivity contribution >= 4 is 11.8 Å². The van der Waals surface area contributed by atoms with Gasteiger partial charge in [-0.05, 0) is 30.8 Å². The summed E-state index contributed by atoms with van der Waals surface area (Å²) in [5.74, 6) is 2.72. The molecule has 0 bridgehead atoms. The molecule has 0 heterocycles. The van der Waals surface area contributed by atoms with E-state index in [1.54, 1.807) is 7.11 Å². The Balaban J connectivity index is 2.44. The zero-order valence-electron chi connectivity index (χ0n) is 12.0. The summed E-state index contributed by atoms with van der Waals surface area (Å²) in [6.07, 6.45) is 0. The molecule has 0 spiro atoms. The van der Waals surface area contributed by atoms with Crippen LogP contribution in [0, 0.1) is 11.3 Å². The SMILES string of the molecule is CCN(CC)CCSCc1ccc(OC)c(C#N)c1. The molecule has 0 aliphatic rings. The van der Waals surface area contributed by atoms with Gasteiger partial charge >= 0.3 is 0 Å². The molecule has 0 N–H and O–H groups in total. The van der Waals surface area contributed by atoms with Gasteiger partial charge in [-0.2, -0.15) is 17.0 Å². The number of benzene rings is 1. The van der Waals surface area contributed by atoms with Crippen LogP contribution in [-0.4, -0.2) is 37.4 Å². The maximum absolute atomic E-state index is 9.04.